The molecule has 0 amide bonds. The number of anilines is 2. The maximum absolute atomic E-state index is 12.6. The number of halogens is 3. The van der Waals surface area contributed by atoms with Crippen LogP contribution in [-0.4, -0.2) is 36.9 Å². The van der Waals surface area contributed by atoms with Gasteiger partial charge in [-0.05, 0) is 78.9 Å². The number of rotatable bonds is 12. The van der Waals surface area contributed by atoms with E-state index in [1.54, 1.807) is 30.3 Å². The molecule has 0 spiro atoms. The zero-order valence-corrected chi connectivity index (χ0v) is 21.7. The molecule has 8 nitrogen and oxygen atoms in total. The van der Waals surface area contributed by atoms with Crippen LogP contribution < -0.4 is 25.7 Å². The van der Waals surface area contributed by atoms with E-state index >= 15 is 0 Å². The number of hydrogen-bond acceptors (Lipinski definition) is 7. The number of carboxylic acids is 1. The number of hydrogen-bond donors (Lipinski definition) is 3. The molecule has 0 saturated carbocycles. The van der Waals surface area contributed by atoms with Crippen molar-refractivity contribution in [2.45, 2.75) is 31.9 Å². The Morgan fingerprint density at radius 3 is 2.33 bits per heavy atom. The number of methoxy groups -OCH3 is 1. The van der Waals surface area contributed by atoms with Gasteiger partial charge in [-0.2, -0.15) is 13.2 Å². The molecule has 0 fully saturated rings. The third kappa shape index (κ3) is 8.97. The Kier molecular flexibility index (Phi) is 10.0. The number of nitrogen functional groups attached to an aromatic ring is 2. The van der Waals surface area contributed by atoms with Crippen molar-refractivity contribution in [3.05, 3.63) is 82.9 Å². The molecule has 11 heteroatoms. The second-order valence-electron chi connectivity index (χ2n) is 8.82. The number of nitrogens with two attached hydrogens (primary N) is 2. The van der Waals surface area contributed by atoms with Crippen molar-refractivity contribution >= 4 is 29.4 Å². The van der Waals surface area contributed by atoms with Gasteiger partial charge in [0.15, 0.2) is 11.5 Å². The van der Waals surface area contributed by atoms with Crippen LogP contribution in [0, 0.1) is 0 Å². The molecule has 0 aliphatic rings. The second kappa shape index (κ2) is 13.4. The Morgan fingerprint density at radius 2 is 1.70 bits per heavy atom. The fourth-order valence-electron chi connectivity index (χ4n) is 3.72. The van der Waals surface area contributed by atoms with Crippen molar-refractivity contribution in [2.24, 2.45) is 0 Å². The van der Waals surface area contributed by atoms with E-state index in [1.807, 2.05) is 0 Å². The molecule has 0 radical (unpaired) electrons. The van der Waals surface area contributed by atoms with Crippen molar-refractivity contribution < 1.29 is 42.1 Å². The predicted octanol–water partition coefficient (Wildman–Crippen LogP) is 5.90. The molecule has 5 N–H and O–H groups in total. The number of carbonyl (C=O) groups is 2. The Bertz CT molecular complexity index is 1370. The van der Waals surface area contributed by atoms with Crippen LogP contribution in [0.2, 0.25) is 0 Å². The average Bonchev–Trinajstić information content (AvgIpc) is 2.90. The maximum Gasteiger partial charge on any atom is 0.389 e. The first-order valence-electron chi connectivity index (χ1n) is 12.2. The van der Waals surface area contributed by atoms with Crippen molar-refractivity contribution in [3.8, 4) is 17.2 Å². The standard InChI is InChI=1S/C29H29F3N2O6/c1-38-26-16-21(8-12-25(26)39-14-2-13-29(30,31)32)28(37)40-23-10-3-18(4-11-23)15-20(27(35)36)6-5-19-7-9-22(33)17-24(19)34/h3-4,7-12,15-17H,2,5-6,13-14,33-34H2,1H3,(H,35,36)/b20-15+. The molecule has 0 heterocycles. The fourth-order valence-corrected chi connectivity index (χ4v) is 3.72. The highest BCUT2D eigenvalue weighted by atomic mass is 19.4. The molecular weight excluding hydrogens is 529 g/mol. The molecule has 212 valence electrons. The minimum atomic E-state index is -4.26. The van der Waals surface area contributed by atoms with Gasteiger partial charge >= 0.3 is 18.1 Å². The Labute approximate surface area is 229 Å². The van der Waals surface area contributed by atoms with Crippen molar-refractivity contribution in [1.29, 1.82) is 0 Å². The summed E-state index contributed by atoms with van der Waals surface area (Å²) in [7, 11) is 1.34. The van der Waals surface area contributed by atoms with E-state index in [9.17, 15) is 27.9 Å². The van der Waals surface area contributed by atoms with Crippen molar-refractivity contribution in [3.63, 3.8) is 0 Å². The summed E-state index contributed by atoms with van der Waals surface area (Å²) in [5, 5.41) is 9.63. The van der Waals surface area contributed by atoms with Gasteiger partial charge in [-0.3, -0.25) is 0 Å². The number of carboxylic acid groups (broad SMARTS) is 1. The Morgan fingerprint density at radius 1 is 0.975 bits per heavy atom. The molecule has 3 aromatic rings. The van der Waals surface area contributed by atoms with Crippen LogP contribution in [0.1, 0.15) is 40.7 Å². The maximum atomic E-state index is 12.6. The number of aliphatic carboxylic acids is 1. The summed E-state index contributed by atoms with van der Waals surface area (Å²) in [5.41, 5.74) is 14.4. The van der Waals surface area contributed by atoms with Gasteiger partial charge in [-0.1, -0.05) is 18.2 Å². The van der Waals surface area contributed by atoms with Crippen LogP contribution in [0.4, 0.5) is 24.5 Å². The van der Waals surface area contributed by atoms with Gasteiger partial charge in [0.1, 0.15) is 5.75 Å². The molecule has 0 aliphatic carbocycles. The molecular formula is C29H29F3N2O6. The first-order chi connectivity index (χ1) is 18.9. The molecule has 0 atom stereocenters. The van der Waals surface area contributed by atoms with Crippen LogP contribution in [0.5, 0.6) is 17.2 Å². The zero-order chi connectivity index (χ0) is 29.3. The first kappa shape index (κ1) is 29.9. The van der Waals surface area contributed by atoms with Crippen molar-refractivity contribution in [1.82, 2.24) is 0 Å². The van der Waals surface area contributed by atoms with E-state index < -0.39 is 24.5 Å². The molecule has 0 aromatic heterocycles. The lowest BCUT2D eigenvalue weighted by molar-refractivity contribution is -0.136. The third-order valence-electron chi connectivity index (χ3n) is 5.80. The molecule has 0 unspecified atom stereocenters. The van der Waals surface area contributed by atoms with E-state index in [4.69, 9.17) is 25.7 Å². The highest BCUT2D eigenvalue weighted by molar-refractivity contribution is 5.93. The van der Waals surface area contributed by atoms with Crippen LogP contribution in [-0.2, 0) is 11.2 Å². The summed E-state index contributed by atoms with van der Waals surface area (Å²) >= 11 is 0. The lowest BCUT2D eigenvalue weighted by atomic mass is 10.0. The third-order valence-corrected chi connectivity index (χ3v) is 5.80. The molecule has 0 aliphatic heterocycles. The fraction of sp³-hybridized carbons (Fsp3) is 0.241. The van der Waals surface area contributed by atoms with Gasteiger partial charge in [0.25, 0.3) is 0 Å². The summed E-state index contributed by atoms with van der Waals surface area (Å²) in [6, 6.07) is 15.6. The average molecular weight is 559 g/mol. The quantitative estimate of drug-likeness (QED) is 0.0822. The minimum absolute atomic E-state index is 0.138. The zero-order valence-electron chi connectivity index (χ0n) is 21.7. The summed E-state index contributed by atoms with van der Waals surface area (Å²) in [6.45, 7) is -0.167. The number of benzene rings is 3. The van der Waals surface area contributed by atoms with E-state index in [1.165, 1.54) is 43.5 Å². The SMILES string of the molecule is COc1cc(C(=O)Oc2ccc(/C=C(\CCc3ccc(N)cc3N)C(=O)O)cc2)ccc1OCCCC(F)(F)F. The highest BCUT2D eigenvalue weighted by Crippen LogP contribution is 2.30. The molecule has 0 bridgehead atoms. The number of carbonyl (C=O) groups excluding carboxylic acids is 1. The largest absolute Gasteiger partial charge is 0.493 e. The normalized spacial score (nSPS) is 11.7. The van der Waals surface area contributed by atoms with Gasteiger partial charge in [0.2, 0.25) is 0 Å². The van der Waals surface area contributed by atoms with Crippen LogP contribution in [0.3, 0.4) is 0 Å². The molecule has 3 aromatic carbocycles. The number of ether oxygens (including phenoxy) is 3. The van der Waals surface area contributed by atoms with Crippen LogP contribution >= 0.6 is 0 Å². The number of esters is 1. The van der Waals surface area contributed by atoms with E-state index in [-0.39, 0.29) is 47.8 Å². The van der Waals surface area contributed by atoms with Gasteiger partial charge < -0.3 is 30.8 Å². The molecule has 40 heavy (non-hydrogen) atoms. The Balaban J connectivity index is 1.62. The summed E-state index contributed by atoms with van der Waals surface area (Å²) < 4.78 is 52.9. The summed E-state index contributed by atoms with van der Waals surface area (Å²) in [4.78, 5) is 24.4. The topological polar surface area (TPSA) is 134 Å². The lowest BCUT2D eigenvalue weighted by Crippen LogP contribution is -2.11. The van der Waals surface area contributed by atoms with Crippen LogP contribution in [0.15, 0.2) is 66.2 Å². The summed E-state index contributed by atoms with van der Waals surface area (Å²) in [5.74, 6) is -1.17. The smallest absolute Gasteiger partial charge is 0.389 e. The second-order valence-corrected chi connectivity index (χ2v) is 8.82. The molecule has 0 saturated heterocycles. The predicted molar refractivity (Wildman–Crippen MR) is 144 cm³/mol. The first-order valence-corrected chi connectivity index (χ1v) is 12.2. The van der Waals surface area contributed by atoms with Crippen molar-refractivity contribution in [2.75, 3.05) is 25.2 Å². The number of aryl methyl sites for hydroxylation is 1. The minimum Gasteiger partial charge on any atom is -0.493 e. The summed E-state index contributed by atoms with van der Waals surface area (Å²) in [6.07, 6.45) is -3.26. The van der Waals surface area contributed by atoms with Gasteiger partial charge in [0.05, 0.1) is 19.3 Å². The number of alkyl halides is 3. The van der Waals surface area contributed by atoms with Crippen LogP contribution in [0.25, 0.3) is 6.08 Å². The van der Waals surface area contributed by atoms with E-state index in [2.05, 4.69) is 0 Å². The van der Waals surface area contributed by atoms with E-state index in [0.717, 1.165) is 5.56 Å². The van der Waals surface area contributed by atoms with Gasteiger partial charge in [-0.15, -0.1) is 0 Å². The van der Waals surface area contributed by atoms with E-state index in [0.29, 0.717) is 23.4 Å². The van der Waals surface area contributed by atoms with Gasteiger partial charge in [-0.25, -0.2) is 9.59 Å². The monoisotopic (exact) mass is 558 g/mol. The highest BCUT2D eigenvalue weighted by Gasteiger charge is 2.26. The lowest BCUT2D eigenvalue weighted by Gasteiger charge is -2.13. The Hall–Kier alpha value is -4.67. The molecule has 3 rings (SSSR count). The van der Waals surface area contributed by atoms with Gasteiger partial charge in [0, 0.05) is 23.4 Å².